The molecule has 1 aromatic rings. The van der Waals surface area contributed by atoms with E-state index in [1.807, 2.05) is 32.9 Å². The van der Waals surface area contributed by atoms with Crippen molar-refractivity contribution in [1.29, 1.82) is 0 Å². The summed E-state index contributed by atoms with van der Waals surface area (Å²) in [5.41, 5.74) is 4.04. The van der Waals surface area contributed by atoms with Gasteiger partial charge in [0.25, 0.3) is 15.3 Å². The average Bonchev–Trinajstić information content (AvgIpc) is 2.39. The van der Waals surface area contributed by atoms with Crippen LogP contribution in [0.25, 0.3) is 0 Å². The van der Waals surface area contributed by atoms with Gasteiger partial charge in [-0.05, 0) is 49.6 Å². The van der Waals surface area contributed by atoms with E-state index in [0.717, 1.165) is 22.3 Å². The smallest absolute Gasteiger partial charge is 0.277 e. The Morgan fingerprint density at radius 2 is 1.75 bits per heavy atom. The minimum Gasteiger partial charge on any atom is -0.621 e. The first kappa shape index (κ1) is 14.7. The predicted octanol–water partition coefficient (Wildman–Crippen LogP) is 2.52. The molecule has 1 aliphatic heterocycles. The fourth-order valence-electron chi connectivity index (χ4n) is 2.33. The van der Waals surface area contributed by atoms with E-state index in [0.29, 0.717) is 0 Å². The lowest BCUT2D eigenvalue weighted by atomic mass is 9.98. The first-order valence-electron chi connectivity index (χ1n) is 6.32. The van der Waals surface area contributed by atoms with Crippen molar-refractivity contribution in [3.8, 4) is 0 Å². The molecule has 1 atom stereocenters. The Labute approximate surface area is 120 Å². The van der Waals surface area contributed by atoms with Crippen LogP contribution in [-0.2, 0) is 16.8 Å². The molecule has 106 valence electrons. The lowest BCUT2D eigenvalue weighted by Gasteiger charge is -2.38. The largest absolute Gasteiger partial charge is 0.621 e. The van der Waals surface area contributed by atoms with E-state index in [1.54, 1.807) is 12.2 Å². The van der Waals surface area contributed by atoms with Gasteiger partial charge < -0.3 is 5.21 Å². The summed E-state index contributed by atoms with van der Waals surface area (Å²) in [7, 11) is -2.53. The first-order valence-corrected chi connectivity index (χ1v) is 7.40. The molecule has 2 rings (SSSR count). The lowest BCUT2D eigenvalue weighted by Crippen LogP contribution is -2.42. The second-order valence-electron chi connectivity index (χ2n) is 5.03. The van der Waals surface area contributed by atoms with Crippen molar-refractivity contribution < 1.29 is 13.1 Å². The third kappa shape index (κ3) is 2.60. The Kier molecular flexibility index (Phi) is 3.94. The maximum atomic E-state index is 12.8. The molecule has 0 saturated heterocycles. The maximum Gasteiger partial charge on any atom is 0.277 e. The van der Waals surface area contributed by atoms with Crippen LogP contribution in [0, 0.1) is 26.0 Å². The zero-order valence-electron chi connectivity index (χ0n) is 11.8. The monoisotopic (exact) mass is 291 g/mol. The van der Waals surface area contributed by atoms with E-state index in [2.05, 4.69) is 0 Å². The van der Waals surface area contributed by atoms with Gasteiger partial charge in [-0.25, -0.2) is 0 Å². The number of quaternary nitrogens is 1. The molecule has 0 bridgehead atoms. The molecular formula is C15H17NO3S. The third-order valence-corrected chi connectivity index (χ3v) is 4.50. The maximum absolute atomic E-state index is 12.8. The highest BCUT2D eigenvalue weighted by atomic mass is 32.2. The topological polar surface area (TPSA) is 57.2 Å². The van der Waals surface area contributed by atoms with E-state index in [4.69, 9.17) is 0 Å². The number of aryl methyl sites for hydroxylation is 2. The summed E-state index contributed by atoms with van der Waals surface area (Å²) < 4.78 is 21.5. The number of hydrogen-bond acceptors (Lipinski definition) is 3. The van der Waals surface area contributed by atoms with E-state index in [1.165, 1.54) is 12.3 Å². The highest BCUT2D eigenvalue weighted by molar-refractivity contribution is 7.72. The molecule has 1 aliphatic rings. The SMILES string of the molecule is Cc1ccc(C)c(C[N+]2([O-])C=CC=CC2=S(=O)=O)c1C. The number of hydrogen-bond donors (Lipinski definition) is 0. The van der Waals surface area contributed by atoms with Crippen molar-refractivity contribution >= 4 is 15.3 Å². The molecule has 0 amide bonds. The van der Waals surface area contributed by atoms with Crippen LogP contribution in [0.4, 0.5) is 0 Å². The Balaban J connectivity index is 2.54. The van der Waals surface area contributed by atoms with Gasteiger partial charge in [-0.3, -0.25) is 4.65 Å². The molecule has 0 saturated carbocycles. The van der Waals surface area contributed by atoms with Crippen LogP contribution in [0.3, 0.4) is 0 Å². The van der Waals surface area contributed by atoms with Crippen LogP contribution >= 0.6 is 0 Å². The van der Waals surface area contributed by atoms with E-state index < -0.39 is 14.9 Å². The number of benzene rings is 1. The van der Waals surface area contributed by atoms with Gasteiger partial charge in [0, 0.05) is 11.6 Å². The van der Waals surface area contributed by atoms with Gasteiger partial charge in [-0.15, -0.1) is 0 Å². The van der Waals surface area contributed by atoms with E-state index >= 15 is 0 Å². The molecule has 0 N–H and O–H groups in total. The number of nitrogens with zero attached hydrogens (tertiary/aromatic N) is 1. The van der Waals surface area contributed by atoms with Gasteiger partial charge in [0.2, 0.25) is 0 Å². The molecule has 1 heterocycles. The Hall–Kier alpha value is -1.69. The van der Waals surface area contributed by atoms with Gasteiger partial charge in [0.1, 0.15) is 12.7 Å². The fourth-order valence-corrected chi connectivity index (χ4v) is 2.89. The number of hydroxylamine groups is 3. The molecule has 0 spiro atoms. The standard InChI is InChI=1S/C15H17NO3S/c1-11-7-8-12(2)14(13(11)3)10-16(17)9-5-4-6-15(16)20(18)19/h4-9H,10H2,1-3H3. The highest BCUT2D eigenvalue weighted by Gasteiger charge is 2.26. The first-order chi connectivity index (χ1) is 9.35. The molecule has 0 radical (unpaired) electrons. The number of rotatable bonds is 2. The van der Waals surface area contributed by atoms with Gasteiger partial charge in [0.05, 0.1) is 0 Å². The van der Waals surface area contributed by atoms with Gasteiger partial charge in [-0.2, -0.15) is 8.42 Å². The molecule has 0 aliphatic carbocycles. The van der Waals surface area contributed by atoms with Crippen LogP contribution < -0.4 is 0 Å². The van der Waals surface area contributed by atoms with Gasteiger partial charge in [-0.1, -0.05) is 12.1 Å². The van der Waals surface area contributed by atoms with Crippen LogP contribution in [0.2, 0.25) is 0 Å². The van der Waals surface area contributed by atoms with Crippen LogP contribution in [0.15, 0.2) is 36.6 Å². The molecular weight excluding hydrogens is 274 g/mol. The quantitative estimate of drug-likeness (QED) is 0.478. The highest BCUT2D eigenvalue weighted by Crippen LogP contribution is 2.25. The Bertz CT molecular complexity index is 737. The second-order valence-corrected chi connectivity index (χ2v) is 5.92. The summed E-state index contributed by atoms with van der Waals surface area (Å²) in [4.78, 5) is -0.159. The van der Waals surface area contributed by atoms with Crippen molar-refractivity contribution in [1.82, 2.24) is 0 Å². The van der Waals surface area contributed by atoms with Gasteiger partial charge in [0.15, 0.2) is 0 Å². The molecule has 0 fully saturated rings. The van der Waals surface area contributed by atoms with Gasteiger partial charge >= 0.3 is 0 Å². The predicted molar refractivity (Wildman–Crippen MR) is 80.2 cm³/mol. The molecule has 4 nitrogen and oxygen atoms in total. The van der Waals surface area contributed by atoms with Crippen LogP contribution in [0.5, 0.6) is 0 Å². The third-order valence-electron chi connectivity index (χ3n) is 3.72. The summed E-state index contributed by atoms with van der Waals surface area (Å²) >= 11 is 0. The molecule has 0 aromatic heterocycles. The van der Waals surface area contributed by atoms with E-state index in [9.17, 15) is 13.6 Å². The molecule has 1 unspecified atom stereocenters. The summed E-state index contributed by atoms with van der Waals surface area (Å²) in [6.45, 7) is 5.96. The summed E-state index contributed by atoms with van der Waals surface area (Å²) in [5.74, 6) is 0. The molecule has 5 heteroatoms. The van der Waals surface area contributed by atoms with Crippen LogP contribution in [-0.4, -0.2) is 18.1 Å². The molecule has 20 heavy (non-hydrogen) atoms. The lowest BCUT2D eigenvalue weighted by molar-refractivity contribution is -0.744. The zero-order chi connectivity index (χ0) is 14.9. The number of allylic oxidation sites excluding steroid dienone is 2. The van der Waals surface area contributed by atoms with Crippen molar-refractivity contribution in [3.63, 3.8) is 0 Å². The van der Waals surface area contributed by atoms with Crippen molar-refractivity contribution in [3.05, 3.63) is 64.0 Å². The van der Waals surface area contributed by atoms with E-state index in [-0.39, 0.29) is 11.5 Å². The molecule has 1 aromatic carbocycles. The minimum atomic E-state index is -2.53. The normalized spacial score (nSPS) is 21.3. The van der Waals surface area contributed by atoms with Crippen molar-refractivity contribution in [2.24, 2.45) is 0 Å². The fraction of sp³-hybridized carbons (Fsp3) is 0.267. The summed E-state index contributed by atoms with van der Waals surface area (Å²) in [6.07, 6.45) is 5.88. The Morgan fingerprint density at radius 1 is 1.10 bits per heavy atom. The Morgan fingerprint density at radius 3 is 2.40 bits per heavy atom. The second kappa shape index (κ2) is 5.36. The average molecular weight is 291 g/mol. The summed E-state index contributed by atoms with van der Waals surface area (Å²) in [6, 6.07) is 3.97. The van der Waals surface area contributed by atoms with Crippen molar-refractivity contribution in [2.45, 2.75) is 27.3 Å². The summed E-state index contributed by atoms with van der Waals surface area (Å²) in [5, 5.41) is 12.8. The zero-order valence-corrected chi connectivity index (χ0v) is 12.6. The van der Waals surface area contributed by atoms with Crippen molar-refractivity contribution in [2.75, 3.05) is 0 Å². The minimum absolute atomic E-state index is 0.0868. The van der Waals surface area contributed by atoms with Crippen LogP contribution in [0.1, 0.15) is 22.3 Å².